The van der Waals surface area contributed by atoms with Gasteiger partial charge in [0, 0.05) is 5.56 Å². The van der Waals surface area contributed by atoms with Gasteiger partial charge in [0.25, 0.3) is 10.1 Å². The Balaban J connectivity index is 0. The van der Waals surface area contributed by atoms with Gasteiger partial charge in [-0.2, -0.15) is 8.42 Å². The molecule has 0 radical (unpaired) electrons. The van der Waals surface area contributed by atoms with Crippen LogP contribution in [0.25, 0.3) is 11.1 Å². The van der Waals surface area contributed by atoms with Crippen molar-refractivity contribution in [2.24, 2.45) is 0 Å². The van der Waals surface area contributed by atoms with Crippen molar-refractivity contribution in [1.82, 2.24) is 0 Å². The van der Waals surface area contributed by atoms with Crippen LogP contribution in [0.1, 0.15) is 39.2 Å². The number of fused-ring (bicyclic) bond motifs is 1. The van der Waals surface area contributed by atoms with Crippen LogP contribution in [-0.4, -0.2) is 18.4 Å². The summed E-state index contributed by atoms with van der Waals surface area (Å²) in [7, 11) is -4.19. The molecule has 0 aromatic heterocycles. The molecule has 0 heterocycles. The summed E-state index contributed by atoms with van der Waals surface area (Å²) in [5.74, 6) is 0.296. The average Bonchev–Trinajstić information content (AvgIpc) is 2.52. The van der Waals surface area contributed by atoms with Crippen molar-refractivity contribution in [2.75, 3.05) is 0 Å². The third-order valence-corrected chi connectivity index (χ3v) is 4.29. The van der Waals surface area contributed by atoms with Crippen molar-refractivity contribution in [1.29, 1.82) is 0 Å². The molecule has 0 aromatic rings. The zero-order valence-corrected chi connectivity index (χ0v) is 15.7. The zero-order valence-electron chi connectivity index (χ0n) is 13.8. The van der Waals surface area contributed by atoms with Crippen molar-refractivity contribution < 1.29 is 49.4 Å². The van der Waals surface area contributed by atoms with E-state index in [9.17, 15) is 13.0 Å². The number of rotatable bonds is 3. The molecule has 2 aliphatic carbocycles. The van der Waals surface area contributed by atoms with Crippen LogP contribution in [0, 0.1) is 0 Å². The molecule has 2 rings (SSSR count). The topological polar surface area (TPSA) is 85.9 Å². The quantitative estimate of drug-likeness (QED) is 0.639. The van der Waals surface area contributed by atoms with E-state index >= 15 is 0 Å². The molecular formula is C15H21NaO4S. The van der Waals surface area contributed by atoms with E-state index < -0.39 is 10.1 Å². The fourth-order valence-corrected chi connectivity index (χ4v) is 3.04. The molecule has 0 aromatic carbocycles. The molecule has 0 amide bonds. The predicted octanol–water partition coefficient (Wildman–Crippen LogP) is 0.0157. The normalized spacial score (nSPS) is 11.1. The van der Waals surface area contributed by atoms with Gasteiger partial charge in [0.2, 0.25) is 0 Å². The molecule has 0 spiro atoms. The van der Waals surface area contributed by atoms with E-state index in [1.165, 1.54) is 0 Å². The van der Waals surface area contributed by atoms with Gasteiger partial charge in [-0.15, -0.1) is 0 Å². The molecule has 112 valence electrons. The van der Waals surface area contributed by atoms with Gasteiger partial charge < -0.3 is 6.90 Å². The summed E-state index contributed by atoms with van der Waals surface area (Å²) in [6.45, 7) is 6.08. The summed E-state index contributed by atoms with van der Waals surface area (Å²) in [4.78, 5) is 0.0115. The molecule has 3 N–H and O–H groups in total. The Kier molecular flexibility index (Phi) is 7.56. The summed E-state index contributed by atoms with van der Waals surface area (Å²) in [5.41, 5.74) is 3.48. The second kappa shape index (κ2) is 7.72. The third-order valence-electron chi connectivity index (χ3n) is 3.39. The first-order chi connectivity index (χ1) is 8.84. The molecular weight excluding hydrogens is 299 g/mol. The third kappa shape index (κ3) is 4.28. The largest absolute Gasteiger partial charge is 1.00 e. The molecule has 2 aliphatic rings. The van der Waals surface area contributed by atoms with Gasteiger partial charge in [-0.05, 0) is 41.2 Å². The van der Waals surface area contributed by atoms with Crippen LogP contribution in [0.5, 0.6) is 0 Å². The standard InChI is InChI=1S/C15H18O3S.Na.H2O.H/c1-4-11-9-15(19(16,17)18)14-8-12(10(2)3)6-5-7-13(11)14;;;/h5-10H,4H2,1-3H3,(H,16,17,18);;1H2;/q;+1;;-1. The van der Waals surface area contributed by atoms with Crippen LogP contribution in [0.4, 0.5) is 0 Å². The molecule has 6 heteroatoms. The monoisotopic (exact) mass is 320 g/mol. The number of hydrogen-bond acceptors (Lipinski definition) is 2. The molecule has 0 fully saturated rings. The summed E-state index contributed by atoms with van der Waals surface area (Å²) < 4.78 is 32.4. The van der Waals surface area contributed by atoms with Crippen LogP contribution in [0.3, 0.4) is 0 Å². The molecule has 0 aliphatic heterocycles. The average molecular weight is 320 g/mol. The smallest absolute Gasteiger partial charge is 1.00 e. The Bertz CT molecular complexity index is 686. The van der Waals surface area contributed by atoms with Gasteiger partial charge in [0.15, 0.2) is 0 Å². The molecule has 0 unspecified atom stereocenters. The summed E-state index contributed by atoms with van der Waals surface area (Å²) in [5, 5.41) is 0. The van der Waals surface area contributed by atoms with Crippen molar-refractivity contribution in [3.8, 4) is 11.1 Å². The molecule has 0 bridgehead atoms. The molecule has 0 saturated carbocycles. The van der Waals surface area contributed by atoms with Crippen LogP contribution in [0.2, 0.25) is 0 Å². The summed E-state index contributed by atoms with van der Waals surface area (Å²) in [6, 6.07) is 9.27. The van der Waals surface area contributed by atoms with Gasteiger partial charge >= 0.3 is 29.6 Å². The summed E-state index contributed by atoms with van der Waals surface area (Å²) in [6.07, 6.45) is 0.729. The van der Waals surface area contributed by atoms with E-state index in [0.29, 0.717) is 11.5 Å². The van der Waals surface area contributed by atoms with Gasteiger partial charge in [-0.1, -0.05) is 39.0 Å². The fraction of sp³-hybridized carbons (Fsp3) is 0.333. The van der Waals surface area contributed by atoms with Crippen LogP contribution in [-0.2, 0) is 16.5 Å². The first-order valence-electron chi connectivity index (χ1n) is 6.37. The van der Waals surface area contributed by atoms with E-state index in [4.69, 9.17) is 0 Å². The van der Waals surface area contributed by atoms with Crippen LogP contribution >= 0.6 is 0 Å². The Labute approximate surface area is 149 Å². The van der Waals surface area contributed by atoms with Crippen molar-refractivity contribution in [3.63, 3.8) is 0 Å². The summed E-state index contributed by atoms with van der Waals surface area (Å²) >= 11 is 0. The Morgan fingerprint density at radius 3 is 2.29 bits per heavy atom. The number of hydrogen-bond donors (Lipinski definition) is 1. The van der Waals surface area contributed by atoms with E-state index in [1.54, 1.807) is 6.07 Å². The second-order valence-corrected chi connectivity index (χ2v) is 6.40. The van der Waals surface area contributed by atoms with Crippen LogP contribution in [0.15, 0.2) is 35.2 Å². The number of aryl methyl sites for hydroxylation is 1. The zero-order chi connectivity index (χ0) is 14.2. The van der Waals surface area contributed by atoms with E-state index in [0.717, 1.165) is 23.1 Å². The minimum atomic E-state index is -4.19. The van der Waals surface area contributed by atoms with Crippen molar-refractivity contribution in [3.05, 3.63) is 41.5 Å². The maximum atomic E-state index is 11.5. The van der Waals surface area contributed by atoms with Gasteiger partial charge in [0.05, 0.1) is 0 Å². The maximum absolute atomic E-state index is 11.5. The molecule has 21 heavy (non-hydrogen) atoms. The van der Waals surface area contributed by atoms with Crippen LogP contribution < -0.4 is 29.6 Å². The molecule has 0 saturated heterocycles. The fourth-order valence-electron chi connectivity index (χ4n) is 2.30. The van der Waals surface area contributed by atoms with Gasteiger partial charge in [0.1, 0.15) is 4.90 Å². The molecule has 0 atom stereocenters. The first kappa shape index (κ1) is 20.6. The SMILES string of the molecule is CCc1cc(S(=O)(=O)O)c2cc(C(C)C)cccc1-2.O.[H-].[Na+]. The predicted molar refractivity (Wildman–Crippen MR) is 81.1 cm³/mol. The van der Waals surface area contributed by atoms with Crippen molar-refractivity contribution >= 4 is 10.1 Å². The molecule has 4 nitrogen and oxygen atoms in total. The Morgan fingerprint density at radius 1 is 1.19 bits per heavy atom. The van der Waals surface area contributed by atoms with Gasteiger partial charge in [-0.25, -0.2) is 0 Å². The Morgan fingerprint density at radius 2 is 1.81 bits per heavy atom. The maximum Gasteiger partial charge on any atom is 1.00 e. The van der Waals surface area contributed by atoms with E-state index in [2.05, 4.69) is 13.8 Å². The van der Waals surface area contributed by atoms with E-state index in [1.807, 2.05) is 31.2 Å². The Hall–Kier alpha value is -0.430. The first-order valence-corrected chi connectivity index (χ1v) is 7.81. The minimum absolute atomic E-state index is 0. The second-order valence-electron chi connectivity index (χ2n) is 5.01. The van der Waals surface area contributed by atoms with Gasteiger partial charge in [-0.3, -0.25) is 4.55 Å². The minimum Gasteiger partial charge on any atom is -1.00 e. The van der Waals surface area contributed by atoms with Crippen molar-refractivity contribution in [2.45, 2.75) is 38.0 Å². The van der Waals surface area contributed by atoms with E-state index in [-0.39, 0.29) is 41.4 Å².